The van der Waals surface area contributed by atoms with Crippen molar-refractivity contribution in [3.8, 4) is 0 Å². The number of pyridine rings is 1. The second-order valence-corrected chi connectivity index (χ2v) is 13.7. The fraction of sp³-hybridized carbons (Fsp3) is 0.541. The first-order chi connectivity index (χ1) is 23.9. The van der Waals surface area contributed by atoms with Crippen LogP contribution in [0, 0.1) is 5.92 Å². The van der Waals surface area contributed by atoms with Crippen molar-refractivity contribution >= 4 is 29.0 Å². The number of rotatable bonds is 16. The van der Waals surface area contributed by atoms with Crippen LogP contribution in [0.15, 0.2) is 67.3 Å². The molecule has 0 radical (unpaired) electrons. The third-order valence-corrected chi connectivity index (χ3v) is 10.2. The summed E-state index contributed by atoms with van der Waals surface area (Å²) in [4.78, 5) is 42.6. The number of nitrogens with one attached hydrogen (secondary N) is 3. The number of aryl methyl sites for hydroxylation is 1. The maximum absolute atomic E-state index is 14.2. The van der Waals surface area contributed by atoms with Crippen molar-refractivity contribution in [1.82, 2.24) is 30.5 Å². The number of carbonyl (C=O) groups excluding carboxylic acids is 2. The second kappa shape index (κ2) is 18.9. The molecule has 0 bridgehead atoms. The second-order valence-electron chi connectivity index (χ2n) is 13.3. The highest BCUT2D eigenvalue weighted by atomic mass is 32.1. The van der Waals surface area contributed by atoms with Crippen molar-refractivity contribution in [1.29, 1.82) is 0 Å². The first-order valence-corrected chi connectivity index (χ1v) is 18.0. The molecule has 2 aliphatic rings. The zero-order valence-corrected chi connectivity index (χ0v) is 28.9. The number of aromatic nitrogens is 3. The van der Waals surface area contributed by atoms with Crippen molar-refractivity contribution in [2.75, 3.05) is 26.3 Å². The maximum atomic E-state index is 14.2. The number of H-pyrrole nitrogens is 1. The number of aromatic amines is 1. The molecule has 5 rings (SSSR count). The van der Waals surface area contributed by atoms with Crippen LogP contribution in [0.5, 0.6) is 0 Å². The summed E-state index contributed by atoms with van der Waals surface area (Å²) in [6, 6.07) is 13.4. The molecular formula is C37H50N6O5S. The molecule has 5 atom stereocenters. The Morgan fingerprint density at radius 3 is 2.45 bits per heavy atom. The van der Waals surface area contributed by atoms with Gasteiger partial charge >= 0.3 is 0 Å². The lowest BCUT2D eigenvalue weighted by Crippen LogP contribution is -2.56. The van der Waals surface area contributed by atoms with Gasteiger partial charge in [0, 0.05) is 49.7 Å². The molecule has 1 saturated heterocycles. The van der Waals surface area contributed by atoms with Gasteiger partial charge in [0.15, 0.2) is 0 Å². The summed E-state index contributed by atoms with van der Waals surface area (Å²) in [7, 11) is 0. The minimum absolute atomic E-state index is 0.168. The Labute approximate surface area is 294 Å². The number of aliphatic hydroxyl groups is 2. The van der Waals surface area contributed by atoms with E-state index in [1.807, 2.05) is 48.5 Å². The van der Waals surface area contributed by atoms with Crippen molar-refractivity contribution in [3.63, 3.8) is 0 Å². The van der Waals surface area contributed by atoms with Crippen LogP contribution in [0.4, 0.5) is 0 Å². The molecular weight excluding hydrogens is 641 g/mol. The van der Waals surface area contributed by atoms with Crippen LogP contribution in [0.1, 0.15) is 74.2 Å². The van der Waals surface area contributed by atoms with E-state index < -0.39 is 36.1 Å². The van der Waals surface area contributed by atoms with E-state index in [0.29, 0.717) is 68.6 Å². The van der Waals surface area contributed by atoms with Gasteiger partial charge in [0.25, 0.3) is 0 Å². The van der Waals surface area contributed by atoms with Crippen LogP contribution < -0.4 is 10.6 Å². The summed E-state index contributed by atoms with van der Waals surface area (Å²) in [5.74, 6) is -1.05. The first-order valence-electron chi connectivity index (χ1n) is 17.6. The summed E-state index contributed by atoms with van der Waals surface area (Å²) >= 11 is 5.81. The highest BCUT2D eigenvalue weighted by molar-refractivity contribution is 7.80. The molecule has 1 aliphatic carbocycles. The summed E-state index contributed by atoms with van der Waals surface area (Å²) in [5, 5.41) is 28.7. The van der Waals surface area contributed by atoms with Gasteiger partial charge in [-0.1, -0.05) is 80.7 Å². The average Bonchev–Trinajstić information content (AvgIpc) is 3.66. The van der Waals surface area contributed by atoms with Gasteiger partial charge in [0.2, 0.25) is 11.8 Å². The number of ether oxygens (including phenoxy) is 1. The van der Waals surface area contributed by atoms with E-state index in [1.54, 1.807) is 12.4 Å². The van der Waals surface area contributed by atoms with E-state index in [2.05, 4.69) is 30.5 Å². The van der Waals surface area contributed by atoms with E-state index in [4.69, 9.17) is 17.0 Å². The van der Waals surface area contributed by atoms with Crippen molar-refractivity contribution < 1.29 is 24.5 Å². The molecule has 2 fully saturated rings. The van der Waals surface area contributed by atoms with Gasteiger partial charge in [-0.15, -0.1) is 0 Å². The number of morpholine rings is 1. The molecule has 12 heteroatoms. The molecule has 1 saturated carbocycles. The van der Waals surface area contributed by atoms with Crippen LogP contribution in [-0.4, -0.2) is 97.5 Å². The molecule has 3 aromatic rings. The van der Waals surface area contributed by atoms with Crippen LogP contribution in [0.25, 0.3) is 0 Å². The molecule has 5 N–H and O–H groups in total. The summed E-state index contributed by atoms with van der Waals surface area (Å²) in [6.07, 6.45) is 9.84. The lowest BCUT2D eigenvalue weighted by molar-refractivity contribution is -0.131. The SMILES string of the molecule is O=C(N[C@@H](CC1CCCCC1)[C@@H](O)[C@@H](O)CCc1ccccn1)C(Cc1cnc[nH]1)NC(=O)C(CC(=S)N1CCOCC1)c1ccccc1. The number of aliphatic hydroxyl groups excluding tert-OH is 2. The third kappa shape index (κ3) is 11.1. The van der Waals surface area contributed by atoms with E-state index in [-0.39, 0.29) is 12.3 Å². The van der Waals surface area contributed by atoms with E-state index >= 15 is 0 Å². The molecule has 2 aromatic heterocycles. The number of amides is 2. The van der Waals surface area contributed by atoms with Crippen LogP contribution >= 0.6 is 12.2 Å². The molecule has 1 aliphatic heterocycles. The van der Waals surface area contributed by atoms with Gasteiger partial charge in [-0.05, 0) is 42.9 Å². The van der Waals surface area contributed by atoms with Gasteiger partial charge in [0.1, 0.15) is 12.1 Å². The van der Waals surface area contributed by atoms with Crippen LogP contribution in [0.3, 0.4) is 0 Å². The molecule has 2 amide bonds. The number of hydrogen-bond acceptors (Lipinski definition) is 8. The normalized spacial score (nSPS) is 18.5. The van der Waals surface area contributed by atoms with Gasteiger partial charge in [-0.25, -0.2) is 4.98 Å². The molecule has 11 nitrogen and oxygen atoms in total. The Morgan fingerprint density at radius 2 is 1.76 bits per heavy atom. The zero-order chi connectivity index (χ0) is 34.4. The first kappa shape index (κ1) is 36.6. The fourth-order valence-corrected chi connectivity index (χ4v) is 7.24. The molecule has 264 valence electrons. The number of thiocarbonyl (C=S) groups is 1. The van der Waals surface area contributed by atoms with Gasteiger partial charge in [-0.2, -0.15) is 0 Å². The lowest BCUT2D eigenvalue weighted by Gasteiger charge is -2.33. The number of carbonyl (C=O) groups is 2. The number of imidazole rings is 1. The number of hydrogen-bond donors (Lipinski definition) is 5. The van der Waals surface area contributed by atoms with Crippen LogP contribution in [-0.2, 0) is 27.2 Å². The third-order valence-electron chi connectivity index (χ3n) is 9.74. The van der Waals surface area contributed by atoms with Crippen molar-refractivity contribution in [3.05, 3.63) is 84.2 Å². The largest absolute Gasteiger partial charge is 0.390 e. The van der Waals surface area contributed by atoms with Gasteiger partial charge < -0.3 is 35.5 Å². The molecule has 2 unspecified atom stereocenters. The molecule has 3 heterocycles. The predicted molar refractivity (Wildman–Crippen MR) is 191 cm³/mol. The van der Waals surface area contributed by atoms with Gasteiger partial charge in [-0.3, -0.25) is 14.6 Å². The minimum Gasteiger partial charge on any atom is -0.390 e. The smallest absolute Gasteiger partial charge is 0.243 e. The predicted octanol–water partition coefficient (Wildman–Crippen LogP) is 3.48. The Hall–Kier alpha value is -3.71. The summed E-state index contributed by atoms with van der Waals surface area (Å²) in [5.41, 5.74) is 2.31. The highest BCUT2D eigenvalue weighted by Crippen LogP contribution is 2.29. The standard InChI is InChI=1S/C37H50N6O5S/c44-33(15-14-28-13-7-8-16-39-28)35(45)31(21-26-9-3-1-4-10-26)41-37(47)32(22-29-24-38-25-40-29)42-36(46)30(27-11-5-2-6-12-27)23-34(49)43-17-19-48-20-18-43/h2,5-8,11-13,16,24-26,30-33,35,44-45H,1,3-4,9-10,14-15,17-23H2,(H,38,40)(H,41,47)(H,42,46)/t30?,31-,32?,33-,35+/m0/s1. The topological polar surface area (TPSA) is 153 Å². The molecule has 1 aromatic carbocycles. The van der Waals surface area contributed by atoms with E-state index in [0.717, 1.165) is 36.9 Å². The van der Waals surface area contributed by atoms with Gasteiger partial charge in [0.05, 0.1) is 42.6 Å². The van der Waals surface area contributed by atoms with E-state index in [1.165, 1.54) is 12.7 Å². The number of benzene rings is 1. The maximum Gasteiger partial charge on any atom is 0.243 e. The van der Waals surface area contributed by atoms with Crippen molar-refractivity contribution in [2.45, 2.75) is 94.4 Å². The zero-order valence-electron chi connectivity index (χ0n) is 28.1. The lowest BCUT2D eigenvalue weighted by atomic mass is 9.82. The Balaban J connectivity index is 1.33. The van der Waals surface area contributed by atoms with Crippen LogP contribution in [0.2, 0.25) is 0 Å². The summed E-state index contributed by atoms with van der Waals surface area (Å²) in [6.45, 7) is 2.51. The monoisotopic (exact) mass is 690 g/mol. The van der Waals surface area contributed by atoms with E-state index in [9.17, 15) is 19.8 Å². The Bertz CT molecular complexity index is 1430. The Morgan fingerprint density at radius 1 is 1.00 bits per heavy atom. The molecule has 0 spiro atoms. The number of nitrogens with zero attached hydrogens (tertiary/aromatic N) is 3. The highest BCUT2D eigenvalue weighted by Gasteiger charge is 2.34. The average molecular weight is 691 g/mol. The molecule has 49 heavy (non-hydrogen) atoms. The van der Waals surface area contributed by atoms with Crippen molar-refractivity contribution in [2.24, 2.45) is 5.92 Å². The summed E-state index contributed by atoms with van der Waals surface area (Å²) < 4.78 is 5.49. The quantitative estimate of drug-likeness (QED) is 0.142. The fourth-order valence-electron chi connectivity index (χ4n) is 6.89. The Kier molecular flexibility index (Phi) is 14.1. The minimum atomic E-state index is -1.19.